The number of carbonyl (C=O) groups is 1. The van der Waals surface area contributed by atoms with Crippen molar-refractivity contribution in [2.24, 2.45) is 0 Å². The molecule has 2 aromatic carbocycles. The topological polar surface area (TPSA) is 107 Å². The van der Waals surface area contributed by atoms with E-state index in [1.54, 1.807) is 36.1 Å². The monoisotopic (exact) mass is 454 g/mol. The molecule has 0 fully saturated rings. The Morgan fingerprint density at radius 1 is 0.971 bits per heavy atom. The number of hydrogen-bond donors (Lipinski definition) is 2. The number of aryl methyl sites for hydroxylation is 2. The molecule has 0 saturated carbocycles. The minimum absolute atomic E-state index is 0.208. The quantitative estimate of drug-likeness (QED) is 0.370. The van der Waals surface area contributed by atoms with Crippen LogP contribution < -0.4 is 15.4 Å². The Balaban J connectivity index is 1.25. The fourth-order valence-corrected chi connectivity index (χ4v) is 3.65. The van der Waals surface area contributed by atoms with Gasteiger partial charge in [-0.2, -0.15) is 5.10 Å². The minimum Gasteiger partial charge on any atom is -0.493 e. The second-order valence-electron chi connectivity index (χ2n) is 7.76. The van der Waals surface area contributed by atoms with Crippen molar-refractivity contribution < 1.29 is 13.9 Å². The Bertz CT molecular complexity index is 1470. The zero-order chi connectivity index (χ0) is 23.7. The van der Waals surface area contributed by atoms with Crippen LogP contribution in [-0.4, -0.2) is 33.0 Å². The average molecular weight is 454 g/mol. The Morgan fingerprint density at radius 2 is 1.76 bits per heavy atom. The highest BCUT2D eigenvalue weighted by Crippen LogP contribution is 2.29. The molecule has 3 heterocycles. The summed E-state index contributed by atoms with van der Waals surface area (Å²) in [4.78, 5) is 12.6. The van der Waals surface area contributed by atoms with Crippen LogP contribution in [0.4, 0.5) is 17.2 Å². The SMILES string of the molecule is COc1cccc2cc(C(=O)Nc3ccc(Nc4ccc(-n5nc(C)cc5C)nn4)cc3)oc12. The largest absolute Gasteiger partial charge is 0.493 e. The van der Waals surface area contributed by atoms with Gasteiger partial charge in [0.25, 0.3) is 5.91 Å². The van der Waals surface area contributed by atoms with E-state index in [2.05, 4.69) is 25.9 Å². The molecule has 0 spiro atoms. The lowest BCUT2D eigenvalue weighted by molar-refractivity contribution is 0.0998. The van der Waals surface area contributed by atoms with Gasteiger partial charge in [0, 0.05) is 22.5 Å². The van der Waals surface area contributed by atoms with Crippen LogP contribution >= 0.6 is 0 Å². The van der Waals surface area contributed by atoms with E-state index in [0.717, 1.165) is 22.5 Å². The molecule has 1 amide bonds. The average Bonchev–Trinajstić information content (AvgIpc) is 3.43. The summed E-state index contributed by atoms with van der Waals surface area (Å²) in [5, 5.41) is 19.7. The highest BCUT2D eigenvalue weighted by atomic mass is 16.5. The third kappa shape index (κ3) is 4.18. The minimum atomic E-state index is -0.343. The van der Waals surface area contributed by atoms with Crippen molar-refractivity contribution in [2.45, 2.75) is 13.8 Å². The molecular formula is C25H22N6O3. The standard InChI is InChI=1S/C25H22N6O3/c1-15-13-16(2)31(30-15)23-12-11-22(28-29-23)26-18-7-9-19(10-8-18)27-25(32)21-14-17-5-4-6-20(33-3)24(17)34-21/h4-14H,1-3H3,(H,26,28)(H,27,32). The molecule has 34 heavy (non-hydrogen) atoms. The van der Waals surface area contributed by atoms with Crippen molar-refractivity contribution in [1.82, 2.24) is 20.0 Å². The molecule has 5 aromatic rings. The van der Waals surface area contributed by atoms with Gasteiger partial charge in [0.1, 0.15) is 0 Å². The molecule has 170 valence electrons. The van der Waals surface area contributed by atoms with Crippen LogP contribution in [0.2, 0.25) is 0 Å². The summed E-state index contributed by atoms with van der Waals surface area (Å²) in [5.74, 6) is 1.69. The molecule has 0 radical (unpaired) electrons. The first-order chi connectivity index (χ1) is 16.5. The number of nitrogens with one attached hydrogen (secondary N) is 2. The van der Waals surface area contributed by atoms with Gasteiger partial charge in [0.05, 0.1) is 12.8 Å². The number of methoxy groups -OCH3 is 1. The van der Waals surface area contributed by atoms with Crippen molar-refractivity contribution in [3.8, 4) is 11.6 Å². The lowest BCUT2D eigenvalue weighted by atomic mass is 10.2. The summed E-state index contributed by atoms with van der Waals surface area (Å²) in [6.07, 6.45) is 0. The number of rotatable bonds is 6. The van der Waals surface area contributed by atoms with Crippen molar-refractivity contribution in [3.63, 3.8) is 0 Å². The first kappa shape index (κ1) is 21.2. The van der Waals surface area contributed by atoms with Gasteiger partial charge in [-0.25, -0.2) is 4.68 Å². The molecule has 0 saturated heterocycles. The fraction of sp³-hybridized carbons (Fsp3) is 0.120. The van der Waals surface area contributed by atoms with Crippen LogP contribution in [0.5, 0.6) is 5.75 Å². The molecule has 0 unspecified atom stereocenters. The molecule has 0 aliphatic rings. The number of amides is 1. The van der Waals surface area contributed by atoms with Gasteiger partial charge >= 0.3 is 0 Å². The Kier molecular flexibility index (Phi) is 5.43. The molecule has 0 atom stereocenters. The molecule has 3 aromatic heterocycles. The number of nitrogens with zero attached hydrogens (tertiary/aromatic N) is 4. The van der Waals surface area contributed by atoms with Gasteiger partial charge in [-0.1, -0.05) is 12.1 Å². The number of para-hydroxylation sites is 1. The number of furan rings is 1. The van der Waals surface area contributed by atoms with Crippen molar-refractivity contribution in [2.75, 3.05) is 17.7 Å². The molecular weight excluding hydrogens is 432 g/mol. The predicted octanol–water partition coefficient (Wildman–Crippen LogP) is 5.03. The Labute approximate surface area is 195 Å². The third-order valence-corrected chi connectivity index (χ3v) is 5.24. The highest BCUT2D eigenvalue weighted by Gasteiger charge is 2.15. The lowest BCUT2D eigenvalue weighted by Crippen LogP contribution is -2.10. The number of ether oxygens (including phenoxy) is 1. The zero-order valence-electron chi connectivity index (χ0n) is 18.9. The van der Waals surface area contributed by atoms with Gasteiger partial charge in [-0.05, 0) is 68.4 Å². The molecule has 9 heteroatoms. The van der Waals surface area contributed by atoms with Crippen molar-refractivity contribution in [3.05, 3.63) is 83.9 Å². The van der Waals surface area contributed by atoms with Crippen LogP contribution in [0, 0.1) is 13.8 Å². The maximum absolute atomic E-state index is 12.6. The Morgan fingerprint density at radius 3 is 2.44 bits per heavy atom. The third-order valence-electron chi connectivity index (χ3n) is 5.24. The van der Waals surface area contributed by atoms with E-state index in [1.165, 1.54) is 0 Å². The second-order valence-corrected chi connectivity index (χ2v) is 7.76. The summed E-state index contributed by atoms with van der Waals surface area (Å²) >= 11 is 0. The molecule has 0 bridgehead atoms. The summed E-state index contributed by atoms with van der Waals surface area (Å²) in [5.41, 5.74) is 3.90. The molecule has 5 rings (SSSR count). The maximum atomic E-state index is 12.6. The summed E-state index contributed by atoms with van der Waals surface area (Å²) < 4.78 is 12.7. The number of carbonyl (C=O) groups excluding carboxylic acids is 1. The van der Waals surface area contributed by atoms with Gasteiger partial charge in [-0.15, -0.1) is 10.2 Å². The summed E-state index contributed by atoms with van der Waals surface area (Å²) in [7, 11) is 1.56. The van der Waals surface area contributed by atoms with Crippen molar-refractivity contribution >= 4 is 34.1 Å². The Hall–Kier alpha value is -4.66. The molecule has 0 aliphatic carbocycles. The van der Waals surface area contributed by atoms with E-state index in [4.69, 9.17) is 9.15 Å². The van der Waals surface area contributed by atoms with Crippen LogP contribution in [0.3, 0.4) is 0 Å². The van der Waals surface area contributed by atoms with E-state index in [0.29, 0.717) is 28.7 Å². The van der Waals surface area contributed by atoms with Crippen LogP contribution in [0.15, 0.2) is 71.1 Å². The second kappa shape index (κ2) is 8.70. The van der Waals surface area contributed by atoms with Crippen LogP contribution in [0.1, 0.15) is 21.9 Å². The maximum Gasteiger partial charge on any atom is 0.291 e. The predicted molar refractivity (Wildman–Crippen MR) is 129 cm³/mol. The number of aromatic nitrogens is 4. The van der Waals surface area contributed by atoms with E-state index in [9.17, 15) is 4.79 Å². The summed E-state index contributed by atoms with van der Waals surface area (Å²) in [6.45, 7) is 3.91. The summed E-state index contributed by atoms with van der Waals surface area (Å²) in [6, 6.07) is 20.1. The van der Waals surface area contributed by atoms with Crippen molar-refractivity contribution in [1.29, 1.82) is 0 Å². The van der Waals surface area contributed by atoms with E-state index in [-0.39, 0.29) is 11.7 Å². The zero-order valence-corrected chi connectivity index (χ0v) is 18.9. The fourth-order valence-electron chi connectivity index (χ4n) is 3.65. The van der Waals surface area contributed by atoms with E-state index in [1.807, 2.05) is 56.3 Å². The normalized spacial score (nSPS) is 10.9. The molecule has 2 N–H and O–H groups in total. The van der Waals surface area contributed by atoms with Gasteiger partial charge in [0.2, 0.25) is 0 Å². The van der Waals surface area contributed by atoms with Crippen LogP contribution in [-0.2, 0) is 0 Å². The first-order valence-corrected chi connectivity index (χ1v) is 10.6. The van der Waals surface area contributed by atoms with Crippen LogP contribution in [0.25, 0.3) is 16.8 Å². The van der Waals surface area contributed by atoms with E-state index < -0.39 is 0 Å². The first-order valence-electron chi connectivity index (χ1n) is 10.6. The molecule has 9 nitrogen and oxygen atoms in total. The molecule has 0 aliphatic heterocycles. The number of benzene rings is 2. The smallest absolute Gasteiger partial charge is 0.291 e. The number of fused-ring (bicyclic) bond motifs is 1. The van der Waals surface area contributed by atoms with E-state index >= 15 is 0 Å². The van der Waals surface area contributed by atoms with Gasteiger partial charge in [-0.3, -0.25) is 4.79 Å². The lowest BCUT2D eigenvalue weighted by Gasteiger charge is -2.08. The van der Waals surface area contributed by atoms with Gasteiger partial charge in [0.15, 0.2) is 28.7 Å². The van der Waals surface area contributed by atoms with Gasteiger partial charge < -0.3 is 19.8 Å². The highest BCUT2D eigenvalue weighted by molar-refractivity contribution is 6.05. The number of hydrogen-bond acceptors (Lipinski definition) is 7. The number of anilines is 3.